The van der Waals surface area contributed by atoms with Gasteiger partial charge in [-0.25, -0.2) is 0 Å². The molecule has 1 aliphatic rings. The van der Waals surface area contributed by atoms with Gasteiger partial charge in [0.2, 0.25) is 5.91 Å². The summed E-state index contributed by atoms with van der Waals surface area (Å²) in [4.78, 5) is 28.0. The van der Waals surface area contributed by atoms with Gasteiger partial charge in [-0.3, -0.25) is 9.59 Å². The molecule has 0 saturated carbocycles. The lowest BCUT2D eigenvalue weighted by Gasteiger charge is -2.35. The molecule has 2 amide bonds. The second kappa shape index (κ2) is 6.61. The number of amides is 2. The van der Waals surface area contributed by atoms with Gasteiger partial charge in [0.05, 0.1) is 5.56 Å². The standard InChI is InChI=1S/C16H23N3O2/c1-12(2)11-15(20)18-7-9-19(10-8-18)16(21)13-5-3-4-6-14(13)17/h3-6,12H,7-11,17H2,1-2H3. The molecule has 0 bridgehead atoms. The summed E-state index contributed by atoms with van der Waals surface area (Å²) in [5.74, 6) is 0.488. The second-order valence-electron chi connectivity index (χ2n) is 5.86. The molecule has 0 unspecified atom stereocenters. The predicted octanol–water partition coefficient (Wildman–Crippen LogP) is 1.60. The molecule has 2 rings (SSSR count). The molecule has 0 aromatic heterocycles. The van der Waals surface area contributed by atoms with Crippen LogP contribution in [0.4, 0.5) is 5.69 Å². The first kappa shape index (κ1) is 15.4. The van der Waals surface area contributed by atoms with Crippen LogP contribution in [0.2, 0.25) is 0 Å². The molecule has 1 heterocycles. The number of nitrogens with zero attached hydrogens (tertiary/aromatic N) is 2. The molecule has 1 aliphatic heterocycles. The van der Waals surface area contributed by atoms with Crippen LogP contribution in [0.15, 0.2) is 24.3 Å². The average molecular weight is 289 g/mol. The largest absolute Gasteiger partial charge is 0.398 e. The van der Waals surface area contributed by atoms with Crippen molar-refractivity contribution in [3.05, 3.63) is 29.8 Å². The van der Waals surface area contributed by atoms with Crippen molar-refractivity contribution in [2.45, 2.75) is 20.3 Å². The summed E-state index contributed by atoms with van der Waals surface area (Å²) in [6, 6.07) is 7.10. The Morgan fingerprint density at radius 1 is 1.10 bits per heavy atom. The zero-order chi connectivity index (χ0) is 15.4. The molecule has 5 nitrogen and oxygen atoms in total. The molecule has 1 aromatic carbocycles. The number of carbonyl (C=O) groups is 2. The van der Waals surface area contributed by atoms with Crippen LogP contribution < -0.4 is 5.73 Å². The number of nitrogens with two attached hydrogens (primary N) is 1. The summed E-state index contributed by atoms with van der Waals surface area (Å²) in [6.07, 6.45) is 0.569. The average Bonchev–Trinajstić information content (AvgIpc) is 2.46. The smallest absolute Gasteiger partial charge is 0.256 e. The molecule has 0 spiro atoms. The van der Waals surface area contributed by atoms with E-state index in [0.29, 0.717) is 49.8 Å². The Hall–Kier alpha value is -2.04. The summed E-state index contributed by atoms with van der Waals surface area (Å²) in [5.41, 5.74) is 6.89. The fourth-order valence-corrected chi connectivity index (χ4v) is 2.50. The van der Waals surface area contributed by atoms with Crippen molar-refractivity contribution in [1.82, 2.24) is 9.80 Å². The lowest BCUT2D eigenvalue weighted by Crippen LogP contribution is -2.50. The lowest BCUT2D eigenvalue weighted by molar-refractivity contribution is -0.133. The highest BCUT2D eigenvalue weighted by Gasteiger charge is 2.25. The second-order valence-corrected chi connectivity index (χ2v) is 5.86. The molecule has 21 heavy (non-hydrogen) atoms. The van der Waals surface area contributed by atoms with E-state index in [9.17, 15) is 9.59 Å². The van der Waals surface area contributed by atoms with E-state index in [0.717, 1.165) is 0 Å². The third-order valence-electron chi connectivity index (χ3n) is 3.69. The monoisotopic (exact) mass is 289 g/mol. The number of anilines is 1. The van der Waals surface area contributed by atoms with Crippen LogP contribution in [0.25, 0.3) is 0 Å². The highest BCUT2D eigenvalue weighted by molar-refractivity contribution is 5.99. The summed E-state index contributed by atoms with van der Waals surface area (Å²) in [5, 5.41) is 0. The molecule has 5 heteroatoms. The lowest BCUT2D eigenvalue weighted by atomic mass is 10.1. The van der Waals surface area contributed by atoms with Crippen LogP contribution in [0.5, 0.6) is 0 Å². The van der Waals surface area contributed by atoms with E-state index in [4.69, 9.17) is 5.73 Å². The maximum atomic E-state index is 12.4. The Morgan fingerprint density at radius 2 is 1.67 bits per heavy atom. The summed E-state index contributed by atoms with van der Waals surface area (Å²) in [7, 11) is 0. The van der Waals surface area contributed by atoms with Crippen LogP contribution in [0.3, 0.4) is 0 Å². The van der Waals surface area contributed by atoms with Gasteiger partial charge in [0.1, 0.15) is 0 Å². The topological polar surface area (TPSA) is 66.6 Å². The van der Waals surface area contributed by atoms with Gasteiger partial charge in [-0.05, 0) is 18.1 Å². The minimum atomic E-state index is -0.0518. The first-order valence-electron chi connectivity index (χ1n) is 7.40. The Kier molecular flexibility index (Phi) is 4.83. The van der Waals surface area contributed by atoms with Gasteiger partial charge in [-0.1, -0.05) is 26.0 Å². The number of piperazine rings is 1. The third-order valence-corrected chi connectivity index (χ3v) is 3.69. The van der Waals surface area contributed by atoms with Crippen molar-refractivity contribution in [2.24, 2.45) is 5.92 Å². The highest BCUT2D eigenvalue weighted by Crippen LogP contribution is 2.15. The fourth-order valence-electron chi connectivity index (χ4n) is 2.50. The predicted molar refractivity (Wildman–Crippen MR) is 82.8 cm³/mol. The van der Waals surface area contributed by atoms with Crippen LogP contribution in [-0.2, 0) is 4.79 Å². The van der Waals surface area contributed by atoms with Crippen molar-refractivity contribution < 1.29 is 9.59 Å². The summed E-state index contributed by atoms with van der Waals surface area (Å²) >= 11 is 0. The van der Waals surface area contributed by atoms with Crippen molar-refractivity contribution in [2.75, 3.05) is 31.9 Å². The molecular weight excluding hydrogens is 266 g/mol. The number of hydrogen-bond donors (Lipinski definition) is 1. The van der Waals surface area contributed by atoms with Gasteiger partial charge in [0, 0.05) is 38.3 Å². The van der Waals surface area contributed by atoms with E-state index in [1.54, 1.807) is 17.0 Å². The molecule has 1 aromatic rings. The quantitative estimate of drug-likeness (QED) is 0.859. The van der Waals surface area contributed by atoms with Gasteiger partial charge >= 0.3 is 0 Å². The summed E-state index contributed by atoms with van der Waals surface area (Å²) in [6.45, 7) is 6.41. The highest BCUT2D eigenvalue weighted by atomic mass is 16.2. The molecule has 0 atom stereocenters. The fraction of sp³-hybridized carbons (Fsp3) is 0.500. The van der Waals surface area contributed by atoms with Crippen molar-refractivity contribution in [3.63, 3.8) is 0 Å². The van der Waals surface area contributed by atoms with Crippen LogP contribution in [0.1, 0.15) is 30.6 Å². The van der Waals surface area contributed by atoms with Crippen LogP contribution >= 0.6 is 0 Å². The Bertz CT molecular complexity index is 520. The number of para-hydroxylation sites is 1. The van der Waals surface area contributed by atoms with Crippen molar-refractivity contribution >= 4 is 17.5 Å². The maximum Gasteiger partial charge on any atom is 0.256 e. The maximum absolute atomic E-state index is 12.4. The molecule has 0 radical (unpaired) electrons. The molecule has 1 saturated heterocycles. The van der Waals surface area contributed by atoms with Gasteiger partial charge in [0.15, 0.2) is 0 Å². The molecule has 2 N–H and O–H groups in total. The van der Waals surface area contributed by atoms with Gasteiger partial charge in [0.25, 0.3) is 5.91 Å². The first-order valence-corrected chi connectivity index (χ1v) is 7.40. The van der Waals surface area contributed by atoms with Gasteiger partial charge in [-0.2, -0.15) is 0 Å². The number of benzene rings is 1. The summed E-state index contributed by atoms with van der Waals surface area (Å²) < 4.78 is 0. The number of hydrogen-bond acceptors (Lipinski definition) is 3. The van der Waals surface area contributed by atoms with Gasteiger partial charge < -0.3 is 15.5 Å². The Morgan fingerprint density at radius 3 is 2.24 bits per heavy atom. The van der Waals surface area contributed by atoms with Gasteiger partial charge in [-0.15, -0.1) is 0 Å². The van der Waals surface area contributed by atoms with Crippen LogP contribution in [0, 0.1) is 5.92 Å². The van der Waals surface area contributed by atoms with E-state index >= 15 is 0 Å². The normalized spacial score (nSPS) is 15.4. The molecular formula is C16H23N3O2. The zero-order valence-corrected chi connectivity index (χ0v) is 12.7. The number of carbonyl (C=O) groups excluding carboxylic acids is 2. The SMILES string of the molecule is CC(C)CC(=O)N1CCN(C(=O)c2ccccc2N)CC1. The van der Waals surface area contributed by atoms with Crippen LogP contribution in [-0.4, -0.2) is 47.8 Å². The zero-order valence-electron chi connectivity index (χ0n) is 12.7. The minimum absolute atomic E-state index is 0.0518. The number of nitrogen functional groups attached to an aromatic ring is 1. The Labute approximate surface area is 125 Å². The van der Waals surface area contributed by atoms with E-state index in [1.807, 2.05) is 30.9 Å². The van der Waals surface area contributed by atoms with Crippen molar-refractivity contribution in [1.29, 1.82) is 0 Å². The van der Waals surface area contributed by atoms with E-state index in [-0.39, 0.29) is 11.8 Å². The molecule has 114 valence electrons. The van der Waals surface area contributed by atoms with E-state index in [2.05, 4.69) is 0 Å². The van der Waals surface area contributed by atoms with Crippen molar-refractivity contribution in [3.8, 4) is 0 Å². The van der Waals surface area contributed by atoms with E-state index < -0.39 is 0 Å². The first-order chi connectivity index (χ1) is 9.99. The number of rotatable bonds is 3. The third kappa shape index (κ3) is 3.74. The molecule has 0 aliphatic carbocycles. The Balaban J connectivity index is 1.94. The van der Waals surface area contributed by atoms with E-state index in [1.165, 1.54) is 0 Å². The molecule has 1 fully saturated rings. The minimum Gasteiger partial charge on any atom is -0.398 e.